The highest BCUT2D eigenvalue weighted by atomic mass is 19.4. The van der Waals surface area contributed by atoms with E-state index in [-0.39, 0.29) is 19.6 Å². The number of aliphatic hydroxyl groups is 1. The summed E-state index contributed by atoms with van der Waals surface area (Å²) < 4.78 is 43.1. The zero-order valence-electron chi connectivity index (χ0n) is 23.3. The molecule has 0 amide bonds. The molecule has 5 aromatic rings. The molecule has 4 aromatic carbocycles. The van der Waals surface area contributed by atoms with Crippen LogP contribution in [0.15, 0.2) is 54.6 Å². The fraction of sp³-hybridized carbons (Fsp3) is 0.303. The zero-order valence-corrected chi connectivity index (χ0v) is 23.3. The number of alkyl halides is 3. The van der Waals surface area contributed by atoms with Crippen molar-refractivity contribution < 1.29 is 23.0 Å². The van der Waals surface area contributed by atoms with E-state index in [9.17, 15) is 28.8 Å². The second-order valence-corrected chi connectivity index (χ2v) is 11.1. The second-order valence-electron chi connectivity index (χ2n) is 11.1. The Morgan fingerprint density at radius 3 is 2.19 bits per heavy atom. The molecule has 0 unspecified atom stereocenters. The van der Waals surface area contributed by atoms with E-state index in [0.717, 1.165) is 38.2 Å². The van der Waals surface area contributed by atoms with Gasteiger partial charge in [-0.1, -0.05) is 36.4 Å². The maximum absolute atomic E-state index is 12.5. The summed E-state index contributed by atoms with van der Waals surface area (Å²) in [6, 6.07) is 21.1. The van der Waals surface area contributed by atoms with Gasteiger partial charge in [0.25, 0.3) is 0 Å². The van der Waals surface area contributed by atoms with E-state index in [1.54, 1.807) is 32.0 Å². The predicted molar refractivity (Wildman–Crippen MR) is 156 cm³/mol. The lowest BCUT2D eigenvalue weighted by atomic mass is 9.94. The molecular weight excluding hydrogens is 541 g/mol. The maximum atomic E-state index is 12.5. The molecule has 0 spiro atoms. The minimum absolute atomic E-state index is 0.00184. The Morgan fingerprint density at radius 1 is 0.881 bits per heavy atom. The third-order valence-corrected chi connectivity index (χ3v) is 7.27. The number of aromatic amines is 1. The number of nitrogens with zero attached hydrogens (tertiary/aromatic N) is 3. The van der Waals surface area contributed by atoms with Crippen LogP contribution in [0.3, 0.4) is 0 Å². The summed E-state index contributed by atoms with van der Waals surface area (Å²) in [6.45, 7) is 3.71. The van der Waals surface area contributed by atoms with Crippen LogP contribution in [0.4, 0.5) is 13.2 Å². The summed E-state index contributed by atoms with van der Waals surface area (Å²) in [6.07, 6.45) is -3.95. The first-order valence-corrected chi connectivity index (χ1v) is 13.6. The highest BCUT2D eigenvalue weighted by Crippen LogP contribution is 2.38. The second kappa shape index (κ2) is 11.4. The van der Waals surface area contributed by atoms with E-state index in [2.05, 4.69) is 23.2 Å². The summed E-state index contributed by atoms with van der Waals surface area (Å²) in [4.78, 5) is 8.26. The summed E-state index contributed by atoms with van der Waals surface area (Å²) in [5.74, 6) is 0.413. The molecule has 0 saturated carbocycles. The molecule has 2 N–H and O–H groups in total. The summed E-state index contributed by atoms with van der Waals surface area (Å²) >= 11 is 0. The van der Waals surface area contributed by atoms with Crippen molar-refractivity contribution in [1.29, 1.82) is 10.5 Å². The highest BCUT2D eigenvalue weighted by molar-refractivity contribution is 6.23. The van der Waals surface area contributed by atoms with Gasteiger partial charge in [-0.2, -0.15) is 23.7 Å². The lowest BCUT2D eigenvalue weighted by Crippen LogP contribution is -2.19. The van der Waals surface area contributed by atoms with Gasteiger partial charge in [-0.15, -0.1) is 0 Å². The van der Waals surface area contributed by atoms with Crippen molar-refractivity contribution in [2.75, 3.05) is 6.61 Å². The van der Waals surface area contributed by atoms with Crippen LogP contribution in [0.2, 0.25) is 0 Å². The average molecular weight is 571 g/mol. The average Bonchev–Trinajstić information content (AvgIpc) is 3.39. The molecule has 0 bridgehead atoms. The molecule has 214 valence electrons. The molecule has 9 heteroatoms. The summed E-state index contributed by atoms with van der Waals surface area (Å²) in [5, 5.41) is 33.3. The monoisotopic (exact) mass is 570 g/mol. The van der Waals surface area contributed by atoms with Gasteiger partial charge < -0.3 is 14.8 Å². The fourth-order valence-corrected chi connectivity index (χ4v) is 5.19. The smallest absolute Gasteiger partial charge is 0.389 e. The molecule has 0 aliphatic carbocycles. The Labute approximate surface area is 241 Å². The minimum Gasteiger partial charge on any atom is -0.390 e. The van der Waals surface area contributed by atoms with Gasteiger partial charge in [-0.25, -0.2) is 4.98 Å². The lowest BCUT2D eigenvalue weighted by molar-refractivity contribution is -0.138. The largest absolute Gasteiger partial charge is 0.390 e. The Morgan fingerprint density at radius 2 is 1.52 bits per heavy atom. The SMILES string of the molecule is CC(C)(O)CCc1ccc2c(c1)c1cc(COCCCC(F)(F)F)ccc1c1[nH]c(-c3c(C#N)cccc3C#N)nc21. The van der Waals surface area contributed by atoms with E-state index in [1.807, 2.05) is 30.3 Å². The Bertz CT molecular complexity index is 1840. The van der Waals surface area contributed by atoms with Crippen molar-refractivity contribution in [3.05, 3.63) is 76.9 Å². The van der Waals surface area contributed by atoms with Gasteiger partial charge in [-0.3, -0.25) is 0 Å². The number of aromatic nitrogens is 2. The minimum atomic E-state index is -4.20. The molecule has 0 fully saturated rings. The Kier molecular flexibility index (Phi) is 7.92. The summed E-state index contributed by atoms with van der Waals surface area (Å²) in [7, 11) is 0. The van der Waals surface area contributed by atoms with Gasteiger partial charge in [0.05, 0.1) is 52.1 Å². The van der Waals surface area contributed by atoms with Crippen LogP contribution in [0.1, 0.15) is 55.4 Å². The van der Waals surface area contributed by atoms with Crippen LogP contribution in [0.5, 0.6) is 0 Å². The molecule has 0 atom stereocenters. The topological polar surface area (TPSA) is 106 Å². The molecule has 5 rings (SSSR count). The van der Waals surface area contributed by atoms with Crippen LogP contribution in [0.25, 0.3) is 44.0 Å². The first-order valence-electron chi connectivity index (χ1n) is 13.6. The van der Waals surface area contributed by atoms with Crippen molar-refractivity contribution in [2.45, 2.75) is 57.9 Å². The van der Waals surface area contributed by atoms with E-state index in [0.29, 0.717) is 40.9 Å². The van der Waals surface area contributed by atoms with Crippen molar-refractivity contribution in [3.63, 3.8) is 0 Å². The van der Waals surface area contributed by atoms with Gasteiger partial charge in [0.15, 0.2) is 0 Å². The number of hydrogen-bond acceptors (Lipinski definition) is 5. The van der Waals surface area contributed by atoms with Crippen LogP contribution < -0.4 is 0 Å². The van der Waals surface area contributed by atoms with Crippen LogP contribution in [-0.4, -0.2) is 33.5 Å². The molecular formula is C33H29F3N4O2. The number of imidazole rings is 1. The molecule has 0 saturated heterocycles. The number of nitriles is 2. The maximum Gasteiger partial charge on any atom is 0.389 e. The molecule has 6 nitrogen and oxygen atoms in total. The highest BCUT2D eigenvalue weighted by Gasteiger charge is 2.26. The normalized spacial score (nSPS) is 12.2. The van der Waals surface area contributed by atoms with E-state index < -0.39 is 18.2 Å². The van der Waals surface area contributed by atoms with Crippen LogP contribution in [0, 0.1) is 22.7 Å². The number of nitrogens with one attached hydrogen (secondary N) is 1. The number of ether oxygens (including phenoxy) is 1. The van der Waals surface area contributed by atoms with Crippen molar-refractivity contribution >= 4 is 32.6 Å². The van der Waals surface area contributed by atoms with Gasteiger partial charge in [0, 0.05) is 23.8 Å². The third kappa shape index (κ3) is 6.23. The molecule has 0 radical (unpaired) electrons. The van der Waals surface area contributed by atoms with Crippen molar-refractivity contribution in [2.24, 2.45) is 0 Å². The summed E-state index contributed by atoms with van der Waals surface area (Å²) in [5.41, 5.74) is 3.57. The third-order valence-electron chi connectivity index (χ3n) is 7.27. The quantitative estimate of drug-likeness (QED) is 0.139. The van der Waals surface area contributed by atoms with Crippen molar-refractivity contribution in [3.8, 4) is 23.5 Å². The Balaban J connectivity index is 1.64. The number of hydrogen-bond donors (Lipinski definition) is 2. The van der Waals surface area contributed by atoms with Crippen LogP contribution >= 0.6 is 0 Å². The van der Waals surface area contributed by atoms with Crippen molar-refractivity contribution in [1.82, 2.24) is 9.97 Å². The fourth-order valence-electron chi connectivity index (χ4n) is 5.19. The molecule has 0 aliphatic rings. The first-order chi connectivity index (χ1) is 20.0. The van der Waals surface area contributed by atoms with E-state index in [4.69, 9.17) is 9.72 Å². The first kappa shape index (κ1) is 29.1. The Hall–Kier alpha value is -4.44. The van der Waals surface area contributed by atoms with E-state index >= 15 is 0 Å². The predicted octanol–water partition coefficient (Wildman–Crippen LogP) is 7.84. The molecule has 42 heavy (non-hydrogen) atoms. The lowest BCUT2D eigenvalue weighted by Gasteiger charge is -2.17. The molecule has 1 heterocycles. The number of benzene rings is 4. The number of aryl methyl sites for hydroxylation is 1. The number of halogens is 3. The molecule has 0 aliphatic heterocycles. The van der Waals surface area contributed by atoms with Crippen LogP contribution in [-0.2, 0) is 17.8 Å². The number of rotatable bonds is 9. The van der Waals surface area contributed by atoms with E-state index in [1.165, 1.54) is 0 Å². The number of H-pyrrole nitrogens is 1. The van der Waals surface area contributed by atoms with Gasteiger partial charge >= 0.3 is 6.18 Å². The number of fused-ring (bicyclic) bond motifs is 6. The van der Waals surface area contributed by atoms with Gasteiger partial charge in [0.1, 0.15) is 5.82 Å². The molecule has 1 aromatic heterocycles. The standard InChI is InChI=1S/C33H29F3N4O2/c1-32(2,41)13-11-20-7-9-24-26(15-20)27-16-21(19-42-14-4-12-33(34,35)36)8-10-25(27)30-29(24)39-31(40-30)28-22(17-37)5-3-6-23(28)18-38/h3,5-10,15-16,41H,4,11-14,19H2,1-2H3,(H,39,40). The zero-order chi connectivity index (χ0) is 30.1. The van der Waals surface area contributed by atoms with Gasteiger partial charge in [0.2, 0.25) is 0 Å². The van der Waals surface area contributed by atoms with Gasteiger partial charge in [-0.05, 0) is 73.2 Å².